The standard InChI is InChI=1S/C22H22N/c1-15-12-13-18-21(20(15)19-11-7-8-14-23(19)4)16-9-5-6-10-17(16)22(18,2)3/h5-14H,1-4H3/q+1/i5D. The molecular weight excluding hydrogens is 278 g/mol. The van der Waals surface area contributed by atoms with E-state index in [4.69, 9.17) is 1.37 Å². The van der Waals surface area contributed by atoms with Gasteiger partial charge in [0.25, 0.3) is 0 Å². The van der Waals surface area contributed by atoms with Crippen molar-refractivity contribution in [2.75, 3.05) is 0 Å². The lowest BCUT2D eigenvalue weighted by molar-refractivity contribution is -0.660. The number of aromatic nitrogens is 1. The number of nitrogens with zero attached hydrogens (tertiary/aromatic N) is 1. The van der Waals surface area contributed by atoms with Gasteiger partial charge in [-0.15, -0.1) is 0 Å². The van der Waals surface area contributed by atoms with Crippen molar-refractivity contribution in [3.8, 4) is 22.4 Å². The van der Waals surface area contributed by atoms with Crippen molar-refractivity contribution in [3.05, 3.63) is 77.5 Å². The summed E-state index contributed by atoms with van der Waals surface area (Å²) >= 11 is 0. The van der Waals surface area contributed by atoms with E-state index in [1.165, 1.54) is 39.1 Å². The normalized spacial score (nSPS) is 15.0. The van der Waals surface area contributed by atoms with Crippen molar-refractivity contribution >= 4 is 0 Å². The first-order valence-electron chi connectivity index (χ1n) is 8.62. The predicted molar refractivity (Wildman–Crippen MR) is 95.4 cm³/mol. The molecule has 1 heteroatoms. The van der Waals surface area contributed by atoms with Crippen LogP contribution in [0.1, 0.15) is 31.9 Å². The molecule has 0 radical (unpaired) electrons. The van der Waals surface area contributed by atoms with Crippen LogP contribution in [-0.2, 0) is 12.5 Å². The van der Waals surface area contributed by atoms with Crippen molar-refractivity contribution < 1.29 is 5.94 Å². The van der Waals surface area contributed by atoms with Crippen LogP contribution in [0.15, 0.2) is 60.8 Å². The van der Waals surface area contributed by atoms with E-state index < -0.39 is 0 Å². The summed E-state index contributed by atoms with van der Waals surface area (Å²) in [5.41, 5.74) is 8.92. The Balaban J connectivity index is 2.15. The van der Waals surface area contributed by atoms with Gasteiger partial charge in [0.1, 0.15) is 7.05 Å². The molecule has 1 nitrogen and oxygen atoms in total. The molecule has 0 aliphatic heterocycles. The fourth-order valence-corrected chi connectivity index (χ4v) is 3.95. The number of hydrogen-bond donors (Lipinski definition) is 0. The lowest BCUT2D eigenvalue weighted by atomic mass is 9.81. The van der Waals surface area contributed by atoms with E-state index in [-0.39, 0.29) is 5.41 Å². The van der Waals surface area contributed by atoms with E-state index in [1.807, 2.05) is 12.1 Å². The van der Waals surface area contributed by atoms with Gasteiger partial charge in [-0.3, -0.25) is 0 Å². The van der Waals surface area contributed by atoms with Gasteiger partial charge in [-0.25, -0.2) is 4.57 Å². The smallest absolute Gasteiger partial charge is 0.201 e. The second-order valence-corrected chi connectivity index (χ2v) is 6.97. The van der Waals surface area contributed by atoms with Gasteiger partial charge in [-0.2, -0.15) is 0 Å². The SMILES string of the molecule is [2H]c1ccc2c(c1)-c1c(ccc(C)c1-c1cccc[n+]1C)C2(C)C. The maximum absolute atomic E-state index is 8.10. The van der Waals surface area contributed by atoms with Gasteiger partial charge in [0.2, 0.25) is 5.69 Å². The van der Waals surface area contributed by atoms with Crippen LogP contribution in [0, 0.1) is 6.92 Å². The minimum absolute atomic E-state index is 0.0336. The topological polar surface area (TPSA) is 3.88 Å². The second kappa shape index (κ2) is 4.79. The lowest BCUT2D eigenvalue weighted by Crippen LogP contribution is -2.30. The number of pyridine rings is 1. The fraction of sp³-hybridized carbons (Fsp3) is 0.227. The maximum atomic E-state index is 8.10. The molecule has 0 saturated carbocycles. The Labute approximate surface area is 139 Å². The molecule has 0 fully saturated rings. The first-order chi connectivity index (χ1) is 11.4. The Morgan fingerprint density at radius 3 is 2.52 bits per heavy atom. The van der Waals surface area contributed by atoms with Crippen molar-refractivity contribution in [1.29, 1.82) is 0 Å². The highest BCUT2D eigenvalue weighted by Gasteiger charge is 2.38. The zero-order valence-corrected chi connectivity index (χ0v) is 14.1. The van der Waals surface area contributed by atoms with Crippen LogP contribution in [0.4, 0.5) is 0 Å². The monoisotopic (exact) mass is 301 g/mol. The first-order valence-corrected chi connectivity index (χ1v) is 8.12. The zero-order valence-electron chi connectivity index (χ0n) is 15.1. The summed E-state index contributed by atoms with van der Waals surface area (Å²) < 4.78 is 10.3. The zero-order chi connectivity index (χ0) is 17.1. The van der Waals surface area contributed by atoms with Crippen LogP contribution < -0.4 is 4.57 Å². The number of fused-ring (bicyclic) bond motifs is 3. The van der Waals surface area contributed by atoms with Gasteiger partial charge in [0.15, 0.2) is 6.20 Å². The molecule has 0 saturated heterocycles. The number of rotatable bonds is 1. The highest BCUT2D eigenvalue weighted by atomic mass is 14.9. The fourth-order valence-electron chi connectivity index (χ4n) is 3.95. The van der Waals surface area contributed by atoms with Crippen LogP contribution in [-0.4, -0.2) is 0 Å². The molecule has 1 aliphatic rings. The van der Waals surface area contributed by atoms with Crippen LogP contribution >= 0.6 is 0 Å². The Morgan fingerprint density at radius 2 is 1.74 bits per heavy atom. The Hall–Kier alpha value is -2.41. The third kappa shape index (κ3) is 1.89. The molecule has 0 atom stereocenters. The van der Waals surface area contributed by atoms with Crippen molar-refractivity contribution in [2.24, 2.45) is 7.05 Å². The van der Waals surface area contributed by atoms with Crippen LogP contribution in [0.2, 0.25) is 0 Å². The van der Waals surface area contributed by atoms with Crippen LogP contribution in [0.3, 0.4) is 0 Å². The Bertz CT molecular complexity index is 970. The summed E-state index contributed by atoms with van der Waals surface area (Å²) in [5.74, 6) is 0. The summed E-state index contributed by atoms with van der Waals surface area (Å²) in [7, 11) is 2.09. The molecule has 2 aromatic carbocycles. The van der Waals surface area contributed by atoms with Gasteiger partial charge >= 0.3 is 0 Å². The molecule has 0 N–H and O–H groups in total. The summed E-state index contributed by atoms with van der Waals surface area (Å²) in [6.07, 6.45) is 2.09. The predicted octanol–water partition coefficient (Wildman–Crippen LogP) is 4.79. The highest BCUT2D eigenvalue weighted by molar-refractivity contribution is 5.92. The summed E-state index contributed by atoms with van der Waals surface area (Å²) in [4.78, 5) is 0. The van der Waals surface area contributed by atoms with Crippen LogP contribution in [0.5, 0.6) is 0 Å². The summed E-state index contributed by atoms with van der Waals surface area (Å²) in [6, 6.07) is 17.5. The van der Waals surface area contributed by atoms with Gasteiger partial charge < -0.3 is 0 Å². The average Bonchev–Trinajstić information content (AvgIpc) is 2.76. The van der Waals surface area contributed by atoms with E-state index in [9.17, 15) is 0 Å². The number of aryl methyl sites for hydroxylation is 2. The molecule has 23 heavy (non-hydrogen) atoms. The lowest BCUT2D eigenvalue weighted by Gasteiger charge is -2.21. The second-order valence-electron chi connectivity index (χ2n) is 6.97. The molecular formula is C22H22N+. The molecule has 1 heterocycles. The van der Waals surface area contributed by atoms with Crippen LogP contribution in [0.25, 0.3) is 22.4 Å². The van der Waals surface area contributed by atoms with Gasteiger partial charge in [0, 0.05) is 23.1 Å². The molecule has 1 aromatic heterocycles. The van der Waals surface area contributed by atoms with E-state index in [0.717, 1.165) is 0 Å². The molecule has 3 aromatic rings. The van der Waals surface area contributed by atoms with Crippen molar-refractivity contribution in [3.63, 3.8) is 0 Å². The van der Waals surface area contributed by atoms with E-state index >= 15 is 0 Å². The molecule has 0 unspecified atom stereocenters. The first kappa shape index (κ1) is 13.1. The molecule has 4 rings (SSSR count). The van der Waals surface area contributed by atoms with E-state index in [2.05, 4.69) is 75.0 Å². The van der Waals surface area contributed by atoms with Gasteiger partial charge in [-0.1, -0.05) is 50.2 Å². The maximum Gasteiger partial charge on any atom is 0.213 e. The Morgan fingerprint density at radius 1 is 0.913 bits per heavy atom. The minimum atomic E-state index is -0.0336. The average molecular weight is 301 g/mol. The quantitative estimate of drug-likeness (QED) is 0.569. The highest BCUT2D eigenvalue weighted by Crippen LogP contribution is 2.52. The number of benzene rings is 2. The van der Waals surface area contributed by atoms with Gasteiger partial charge in [-0.05, 0) is 35.2 Å². The van der Waals surface area contributed by atoms with Crippen molar-refractivity contribution in [1.82, 2.24) is 0 Å². The van der Waals surface area contributed by atoms with Crippen molar-refractivity contribution in [2.45, 2.75) is 26.2 Å². The van der Waals surface area contributed by atoms with Gasteiger partial charge in [0.05, 0.1) is 6.93 Å². The summed E-state index contributed by atoms with van der Waals surface area (Å²) in [5, 5.41) is 0. The third-order valence-electron chi connectivity index (χ3n) is 5.20. The molecule has 0 bridgehead atoms. The minimum Gasteiger partial charge on any atom is -0.201 e. The largest absolute Gasteiger partial charge is 0.213 e. The molecule has 1 aliphatic carbocycles. The third-order valence-corrected chi connectivity index (χ3v) is 5.20. The number of hydrogen-bond acceptors (Lipinski definition) is 0. The molecule has 0 spiro atoms. The van der Waals surface area contributed by atoms with E-state index in [0.29, 0.717) is 6.04 Å². The molecule has 114 valence electrons. The van der Waals surface area contributed by atoms with E-state index in [1.54, 1.807) is 0 Å². The Kier molecular flexibility index (Phi) is 2.72. The molecule has 0 amide bonds. The summed E-state index contributed by atoms with van der Waals surface area (Å²) in [6.45, 7) is 6.74.